The fraction of sp³-hybridized carbons (Fsp3) is 0.312. The summed E-state index contributed by atoms with van der Waals surface area (Å²) in [7, 11) is 3.09. The van der Waals surface area contributed by atoms with Crippen LogP contribution in [0.1, 0.15) is 39.9 Å². The summed E-state index contributed by atoms with van der Waals surface area (Å²) in [6.45, 7) is 2.03. The zero-order valence-corrected chi connectivity index (χ0v) is 12.6. The molecule has 2 heterocycles. The molecule has 0 saturated heterocycles. The Morgan fingerprint density at radius 3 is 2.27 bits per heavy atom. The fourth-order valence-corrected chi connectivity index (χ4v) is 2.75. The van der Waals surface area contributed by atoms with E-state index in [-0.39, 0.29) is 5.69 Å². The van der Waals surface area contributed by atoms with Crippen molar-refractivity contribution in [2.45, 2.75) is 19.8 Å². The minimum Gasteiger partial charge on any atom is -0.493 e. The summed E-state index contributed by atoms with van der Waals surface area (Å²) in [4.78, 5) is 28.4. The van der Waals surface area contributed by atoms with Gasteiger partial charge >= 0.3 is 0 Å². The van der Waals surface area contributed by atoms with Crippen LogP contribution in [0.25, 0.3) is 10.8 Å². The van der Waals surface area contributed by atoms with Crippen molar-refractivity contribution in [2.75, 3.05) is 14.2 Å². The molecule has 0 unspecified atom stereocenters. The summed E-state index contributed by atoms with van der Waals surface area (Å²) in [5, 5.41) is 3.77. The van der Waals surface area contributed by atoms with Gasteiger partial charge in [-0.25, -0.2) is 4.98 Å². The van der Waals surface area contributed by atoms with Gasteiger partial charge in [-0.15, -0.1) is 0 Å². The molecule has 2 aromatic rings. The Bertz CT molecular complexity index is 799. The Balaban J connectivity index is 2.41. The molecule has 0 bridgehead atoms. The van der Waals surface area contributed by atoms with Crippen molar-refractivity contribution in [3.05, 3.63) is 29.1 Å². The van der Waals surface area contributed by atoms with E-state index in [1.807, 2.05) is 13.0 Å². The number of nitrogens with one attached hydrogen (secondary N) is 1. The first kappa shape index (κ1) is 14.3. The Morgan fingerprint density at radius 2 is 1.68 bits per heavy atom. The molecule has 6 heteroatoms. The second-order valence-electron chi connectivity index (χ2n) is 5.07. The van der Waals surface area contributed by atoms with Gasteiger partial charge < -0.3 is 9.47 Å². The van der Waals surface area contributed by atoms with Crippen molar-refractivity contribution < 1.29 is 19.1 Å². The first-order valence-electron chi connectivity index (χ1n) is 7.05. The molecule has 1 aromatic carbocycles. The molecule has 0 radical (unpaired) electrons. The lowest BCUT2D eigenvalue weighted by Gasteiger charge is -2.13. The molecule has 1 aromatic heterocycles. The maximum Gasteiger partial charge on any atom is 0.277 e. The van der Waals surface area contributed by atoms with E-state index in [2.05, 4.69) is 10.3 Å². The standard InChI is InChI=1S/C16H16N2O4/c1-4-5-10-8-6-11(21-2)12(22-3)7-9(8)13-14(17-10)16(20)18-15(13)19/h6-7H,4-5H2,1-3H3,(H,18,19,20). The van der Waals surface area contributed by atoms with Gasteiger partial charge in [0, 0.05) is 16.5 Å². The first-order chi connectivity index (χ1) is 10.6. The summed E-state index contributed by atoms with van der Waals surface area (Å²) in [6, 6.07) is 3.54. The van der Waals surface area contributed by atoms with Gasteiger partial charge in [-0.2, -0.15) is 0 Å². The molecular formula is C16H16N2O4. The number of rotatable bonds is 4. The second kappa shape index (κ2) is 5.29. The van der Waals surface area contributed by atoms with E-state index in [1.165, 1.54) is 7.11 Å². The van der Waals surface area contributed by atoms with Gasteiger partial charge in [0.25, 0.3) is 11.8 Å². The average Bonchev–Trinajstić information content (AvgIpc) is 2.80. The van der Waals surface area contributed by atoms with Crippen LogP contribution in [0.15, 0.2) is 12.1 Å². The molecule has 0 saturated carbocycles. The van der Waals surface area contributed by atoms with Crippen LogP contribution in [0, 0.1) is 0 Å². The SMILES string of the molecule is CCCc1nc2c(c3cc(OC)c(OC)cc13)C(=O)NC2=O. The molecule has 3 rings (SSSR count). The van der Waals surface area contributed by atoms with Crippen LogP contribution in [-0.4, -0.2) is 31.0 Å². The van der Waals surface area contributed by atoms with Gasteiger partial charge in [0.1, 0.15) is 5.69 Å². The highest BCUT2D eigenvalue weighted by Gasteiger charge is 2.32. The molecule has 22 heavy (non-hydrogen) atoms. The van der Waals surface area contributed by atoms with E-state index in [1.54, 1.807) is 13.2 Å². The number of nitrogens with zero attached hydrogens (tertiary/aromatic N) is 1. The normalized spacial score (nSPS) is 13.2. The van der Waals surface area contributed by atoms with E-state index in [4.69, 9.17) is 9.47 Å². The third-order valence-corrected chi connectivity index (χ3v) is 3.74. The number of hydrogen-bond acceptors (Lipinski definition) is 5. The topological polar surface area (TPSA) is 77.5 Å². The number of ether oxygens (including phenoxy) is 2. The summed E-state index contributed by atoms with van der Waals surface area (Å²) in [5.74, 6) is 0.207. The predicted molar refractivity (Wildman–Crippen MR) is 80.6 cm³/mol. The monoisotopic (exact) mass is 300 g/mol. The quantitative estimate of drug-likeness (QED) is 0.875. The summed E-state index contributed by atoms with van der Waals surface area (Å²) >= 11 is 0. The van der Waals surface area contributed by atoms with Crippen molar-refractivity contribution in [3.8, 4) is 11.5 Å². The van der Waals surface area contributed by atoms with Crippen molar-refractivity contribution in [1.82, 2.24) is 10.3 Å². The molecule has 0 spiro atoms. The number of pyridine rings is 1. The number of imide groups is 1. The zero-order valence-electron chi connectivity index (χ0n) is 12.6. The van der Waals surface area contributed by atoms with Crippen LogP contribution in [0.4, 0.5) is 0 Å². The largest absolute Gasteiger partial charge is 0.493 e. The van der Waals surface area contributed by atoms with Crippen LogP contribution in [0.5, 0.6) is 11.5 Å². The highest BCUT2D eigenvalue weighted by atomic mass is 16.5. The predicted octanol–water partition coefficient (Wildman–Crippen LogP) is 2.09. The zero-order chi connectivity index (χ0) is 15.9. The Morgan fingerprint density at radius 1 is 1.05 bits per heavy atom. The van der Waals surface area contributed by atoms with Gasteiger partial charge in [-0.05, 0) is 18.6 Å². The number of methoxy groups -OCH3 is 2. The maximum absolute atomic E-state index is 12.1. The molecule has 0 fully saturated rings. The molecule has 1 N–H and O–H groups in total. The summed E-state index contributed by atoms with van der Waals surface area (Å²) in [5.41, 5.74) is 1.27. The fourth-order valence-electron chi connectivity index (χ4n) is 2.75. The van der Waals surface area contributed by atoms with E-state index in [9.17, 15) is 9.59 Å². The lowest BCUT2D eigenvalue weighted by molar-refractivity contribution is 0.0878. The number of amides is 2. The van der Waals surface area contributed by atoms with Crippen molar-refractivity contribution >= 4 is 22.6 Å². The number of fused-ring (bicyclic) bond motifs is 3. The minimum absolute atomic E-state index is 0.188. The number of benzene rings is 1. The molecule has 0 atom stereocenters. The van der Waals surface area contributed by atoms with Crippen LogP contribution in [0.3, 0.4) is 0 Å². The van der Waals surface area contributed by atoms with Gasteiger partial charge in [0.05, 0.1) is 19.8 Å². The van der Waals surface area contributed by atoms with E-state index < -0.39 is 11.8 Å². The molecule has 6 nitrogen and oxygen atoms in total. The highest BCUT2D eigenvalue weighted by Crippen LogP contribution is 2.37. The van der Waals surface area contributed by atoms with E-state index in [0.717, 1.165) is 17.5 Å². The Kier molecular flexibility index (Phi) is 3.44. The summed E-state index contributed by atoms with van der Waals surface area (Å²) < 4.78 is 10.6. The van der Waals surface area contributed by atoms with Crippen LogP contribution >= 0.6 is 0 Å². The van der Waals surface area contributed by atoms with Crippen LogP contribution < -0.4 is 14.8 Å². The Labute approximate surface area is 127 Å². The van der Waals surface area contributed by atoms with E-state index in [0.29, 0.717) is 28.9 Å². The van der Waals surface area contributed by atoms with Crippen LogP contribution in [0.2, 0.25) is 0 Å². The van der Waals surface area contributed by atoms with Gasteiger partial charge in [0.15, 0.2) is 11.5 Å². The number of aromatic nitrogens is 1. The third-order valence-electron chi connectivity index (χ3n) is 3.74. The maximum atomic E-state index is 12.1. The second-order valence-corrected chi connectivity index (χ2v) is 5.07. The Hall–Kier alpha value is -2.63. The molecule has 0 aliphatic carbocycles. The average molecular weight is 300 g/mol. The summed E-state index contributed by atoms with van der Waals surface area (Å²) in [6.07, 6.45) is 1.59. The number of aryl methyl sites for hydroxylation is 1. The third kappa shape index (κ3) is 1.99. The molecule has 1 aliphatic rings. The van der Waals surface area contributed by atoms with Crippen molar-refractivity contribution in [3.63, 3.8) is 0 Å². The van der Waals surface area contributed by atoms with Gasteiger partial charge in [-0.3, -0.25) is 14.9 Å². The molecular weight excluding hydrogens is 284 g/mol. The molecule has 2 amide bonds. The number of carbonyl (C=O) groups is 2. The molecule has 1 aliphatic heterocycles. The van der Waals surface area contributed by atoms with Crippen molar-refractivity contribution in [2.24, 2.45) is 0 Å². The lowest BCUT2D eigenvalue weighted by atomic mass is 10.00. The van der Waals surface area contributed by atoms with Gasteiger partial charge in [0.2, 0.25) is 0 Å². The first-order valence-corrected chi connectivity index (χ1v) is 7.05. The highest BCUT2D eigenvalue weighted by molar-refractivity contribution is 6.26. The lowest BCUT2D eigenvalue weighted by Crippen LogP contribution is -2.20. The minimum atomic E-state index is -0.450. The number of hydrogen-bond donors (Lipinski definition) is 1. The van der Waals surface area contributed by atoms with Gasteiger partial charge in [-0.1, -0.05) is 13.3 Å². The molecule has 114 valence electrons. The van der Waals surface area contributed by atoms with Crippen molar-refractivity contribution in [1.29, 1.82) is 0 Å². The van der Waals surface area contributed by atoms with E-state index >= 15 is 0 Å². The van der Waals surface area contributed by atoms with Crippen LogP contribution in [-0.2, 0) is 6.42 Å². The smallest absolute Gasteiger partial charge is 0.277 e. The number of carbonyl (C=O) groups excluding carboxylic acids is 2.